The molecule has 1 N–H and O–H groups in total. The van der Waals surface area contributed by atoms with Crippen molar-refractivity contribution >= 4 is 5.65 Å². The highest BCUT2D eigenvalue weighted by atomic mass is 19.1. The van der Waals surface area contributed by atoms with Gasteiger partial charge in [0.05, 0.1) is 11.9 Å². The van der Waals surface area contributed by atoms with E-state index in [2.05, 4.69) is 9.97 Å². The minimum Gasteiger partial charge on any atom is -0.483 e. The summed E-state index contributed by atoms with van der Waals surface area (Å²) in [6, 6.07) is 11.1. The molecule has 0 saturated heterocycles. The number of H-pyrrole nitrogens is 1. The maximum absolute atomic E-state index is 13.1. The first-order chi connectivity index (χ1) is 12.2. The predicted octanol–water partition coefficient (Wildman–Crippen LogP) is 2.02. The van der Waals surface area contributed by atoms with Gasteiger partial charge in [-0.25, -0.2) is 18.7 Å². The number of rotatable bonds is 4. The van der Waals surface area contributed by atoms with Crippen LogP contribution in [0.3, 0.4) is 0 Å². The molecular weight excluding hydrogens is 323 g/mol. The third kappa shape index (κ3) is 2.99. The molecule has 0 fully saturated rings. The van der Waals surface area contributed by atoms with Crippen molar-refractivity contribution in [1.82, 2.24) is 14.0 Å². The largest absolute Gasteiger partial charge is 0.483 e. The zero-order valence-electron chi connectivity index (χ0n) is 13.1. The van der Waals surface area contributed by atoms with Gasteiger partial charge in [0, 0.05) is 18.5 Å². The molecule has 0 aliphatic rings. The Morgan fingerprint density at radius 1 is 1.16 bits per heavy atom. The number of hydrogen-bond donors (Lipinski definition) is 0. The van der Waals surface area contributed by atoms with E-state index in [4.69, 9.17) is 4.74 Å². The predicted molar refractivity (Wildman–Crippen MR) is 88.1 cm³/mol. The van der Waals surface area contributed by atoms with Crippen molar-refractivity contribution in [2.45, 2.75) is 6.61 Å². The summed E-state index contributed by atoms with van der Waals surface area (Å²) in [4.78, 5) is 19.8. The van der Waals surface area contributed by atoms with E-state index in [1.807, 2.05) is 6.07 Å². The van der Waals surface area contributed by atoms with E-state index < -0.39 is 0 Å². The summed E-state index contributed by atoms with van der Waals surface area (Å²) in [7, 11) is 0. The zero-order valence-corrected chi connectivity index (χ0v) is 13.1. The number of imidazole rings is 1. The molecule has 1 aromatic carbocycles. The fourth-order valence-electron chi connectivity index (χ4n) is 2.55. The number of nitrogens with one attached hydrogen (secondary N) is 1. The maximum atomic E-state index is 13.1. The van der Waals surface area contributed by atoms with Crippen LogP contribution >= 0.6 is 0 Å². The Labute approximate surface area is 141 Å². The molecule has 0 radical (unpaired) electrons. The third-order valence-electron chi connectivity index (χ3n) is 3.76. The van der Waals surface area contributed by atoms with Crippen LogP contribution in [0.5, 0.6) is 5.75 Å². The smallest absolute Gasteiger partial charge is 0.424 e. The van der Waals surface area contributed by atoms with E-state index in [1.165, 1.54) is 21.1 Å². The summed E-state index contributed by atoms with van der Waals surface area (Å²) in [6.07, 6.45) is 6.63. The van der Waals surface area contributed by atoms with Crippen molar-refractivity contribution in [3.05, 3.63) is 89.2 Å². The Hall–Kier alpha value is -3.48. The highest BCUT2D eigenvalue weighted by Crippen LogP contribution is 2.10. The molecule has 0 bridgehead atoms. The van der Waals surface area contributed by atoms with E-state index >= 15 is 0 Å². The molecular formula is C18H14FN4O2+. The van der Waals surface area contributed by atoms with E-state index in [0.717, 1.165) is 5.69 Å². The van der Waals surface area contributed by atoms with Crippen LogP contribution in [0.15, 0.2) is 72.0 Å². The number of aromatic nitrogens is 4. The summed E-state index contributed by atoms with van der Waals surface area (Å²) in [5.41, 5.74) is 1.73. The first-order valence-corrected chi connectivity index (χ1v) is 7.64. The number of aromatic amines is 1. The molecule has 4 aromatic rings. The summed E-state index contributed by atoms with van der Waals surface area (Å²) in [5.74, 6) is 0.303. The molecule has 6 nitrogen and oxygen atoms in total. The lowest BCUT2D eigenvalue weighted by Crippen LogP contribution is -2.25. The summed E-state index contributed by atoms with van der Waals surface area (Å²) in [5, 5.41) is 0. The van der Waals surface area contributed by atoms with Crippen LogP contribution in [0.25, 0.3) is 11.3 Å². The average molecular weight is 337 g/mol. The van der Waals surface area contributed by atoms with Gasteiger partial charge in [0.1, 0.15) is 17.8 Å². The van der Waals surface area contributed by atoms with Gasteiger partial charge < -0.3 is 4.74 Å². The number of ether oxygens (including phenoxy) is 1. The second-order valence-corrected chi connectivity index (χ2v) is 5.46. The first-order valence-electron chi connectivity index (χ1n) is 7.64. The number of halogens is 1. The highest BCUT2D eigenvalue weighted by molar-refractivity contribution is 5.36. The second-order valence-electron chi connectivity index (χ2n) is 5.46. The molecule has 0 spiro atoms. The van der Waals surface area contributed by atoms with Gasteiger partial charge in [-0.1, -0.05) is 0 Å². The lowest BCUT2D eigenvalue weighted by atomic mass is 10.3. The first kappa shape index (κ1) is 15.1. The molecule has 0 atom stereocenters. The molecule has 124 valence electrons. The Balaban J connectivity index is 1.65. The fraction of sp³-hybridized carbons (Fsp3) is 0.0556. The van der Waals surface area contributed by atoms with Gasteiger partial charge in [0.15, 0.2) is 12.3 Å². The Bertz CT molecular complexity index is 1070. The molecule has 0 amide bonds. The minimum absolute atomic E-state index is 0.256. The molecule has 0 unspecified atom stereocenters. The SMILES string of the molecule is O=c1n(-c2ccc(F)cc2)ccc2[nH+]c(COc3cccnc3)cn12. The lowest BCUT2D eigenvalue weighted by molar-refractivity contribution is -0.360. The van der Waals surface area contributed by atoms with E-state index in [1.54, 1.807) is 49.1 Å². The van der Waals surface area contributed by atoms with Crippen molar-refractivity contribution in [3.63, 3.8) is 0 Å². The molecule has 0 aliphatic heterocycles. The lowest BCUT2D eigenvalue weighted by Gasteiger charge is -2.02. The van der Waals surface area contributed by atoms with Crippen LogP contribution < -0.4 is 15.4 Å². The van der Waals surface area contributed by atoms with E-state index in [9.17, 15) is 9.18 Å². The van der Waals surface area contributed by atoms with Gasteiger partial charge in [-0.2, -0.15) is 0 Å². The Kier molecular flexibility index (Phi) is 3.74. The quantitative estimate of drug-likeness (QED) is 0.572. The van der Waals surface area contributed by atoms with Crippen molar-refractivity contribution in [2.24, 2.45) is 0 Å². The molecule has 3 heterocycles. The number of fused-ring (bicyclic) bond motifs is 1. The van der Waals surface area contributed by atoms with E-state index in [0.29, 0.717) is 17.1 Å². The van der Waals surface area contributed by atoms with Gasteiger partial charge in [-0.3, -0.25) is 4.98 Å². The van der Waals surface area contributed by atoms with E-state index in [-0.39, 0.29) is 18.1 Å². The average Bonchev–Trinajstić information content (AvgIpc) is 3.06. The van der Waals surface area contributed by atoms with Crippen LogP contribution in [0.4, 0.5) is 4.39 Å². The van der Waals surface area contributed by atoms with Gasteiger partial charge in [-0.05, 0) is 36.4 Å². The molecule has 7 heteroatoms. The van der Waals surface area contributed by atoms with Crippen LogP contribution in [0.1, 0.15) is 5.69 Å². The molecule has 0 aliphatic carbocycles. The fourth-order valence-corrected chi connectivity index (χ4v) is 2.55. The van der Waals surface area contributed by atoms with Crippen LogP contribution in [-0.2, 0) is 6.61 Å². The van der Waals surface area contributed by atoms with Gasteiger partial charge in [-0.15, -0.1) is 4.40 Å². The van der Waals surface area contributed by atoms with Crippen LogP contribution in [-0.4, -0.2) is 14.0 Å². The van der Waals surface area contributed by atoms with Gasteiger partial charge in [0.25, 0.3) is 5.65 Å². The molecule has 0 saturated carbocycles. The normalized spacial score (nSPS) is 10.9. The number of pyridine rings is 1. The minimum atomic E-state index is -0.345. The van der Waals surface area contributed by atoms with Crippen molar-refractivity contribution in [1.29, 1.82) is 0 Å². The Morgan fingerprint density at radius 3 is 2.76 bits per heavy atom. The van der Waals surface area contributed by atoms with Crippen LogP contribution in [0, 0.1) is 5.82 Å². The number of hydrogen-bond acceptors (Lipinski definition) is 3. The van der Waals surface area contributed by atoms with Crippen LogP contribution in [0.2, 0.25) is 0 Å². The topological polar surface area (TPSA) is 62.7 Å². The molecule has 25 heavy (non-hydrogen) atoms. The summed E-state index contributed by atoms with van der Waals surface area (Å²) < 4.78 is 21.6. The van der Waals surface area contributed by atoms with Crippen molar-refractivity contribution < 1.29 is 14.1 Å². The summed E-state index contributed by atoms with van der Waals surface area (Å²) in [6.45, 7) is 0.281. The zero-order chi connectivity index (χ0) is 17.2. The highest BCUT2D eigenvalue weighted by Gasteiger charge is 2.15. The monoisotopic (exact) mass is 337 g/mol. The van der Waals surface area contributed by atoms with Gasteiger partial charge >= 0.3 is 5.69 Å². The van der Waals surface area contributed by atoms with Crippen molar-refractivity contribution in [2.75, 3.05) is 0 Å². The standard InChI is InChI=1S/C18H13FN4O2/c19-13-3-5-15(6-4-13)22-9-7-17-21-14(11-23(17)18(22)24)12-25-16-2-1-8-20-10-16/h1-11H,12H2/p+1. The second kappa shape index (κ2) is 6.20. The molecule has 4 rings (SSSR count). The molecule has 3 aromatic heterocycles. The number of nitrogens with zero attached hydrogens (tertiary/aromatic N) is 3. The third-order valence-corrected chi connectivity index (χ3v) is 3.76. The maximum Gasteiger partial charge on any atom is 0.424 e. The Morgan fingerprint density at radius 2 is 2.00 bits per heavy atom. The summed E-state index contributed by atoms with van der Waals surface area (Å²) >= 11 is 0. The van der Waals surface area contributed by atoms with Crippen molar-refractivity contribution in [3.8, 4) is 11.4 Å². The number of benzene rings is 1. The van der Waals surface area contributed by atoms with Gasteiger partial charge in [0.2, 0.25) is 0 Å².